The molecule has 1 aromatic heterocycles. The first-order valence-corrected chi connectivity index (χ1v) is 9.03. The number of carbonyl (C=O) groups excluding carboxylic acids is 1. The average Bonchev–Trinajstić information content (AvgIpc) is 3.14. The molecule has 1 aliphatic rings. The van der Waals surface area contributed by atoms with E-state index in [9.17, 15) is 4.79 Å². The summed E-state index contributed by atoms with van der Waals surface area (Å²) in [6.45, 7) is 2.44. The average molecular weight is 387 g/mol. The molecule has 1 aromatic carbocycles. The molecule has 28 heavy (non-hydrogen) atoms. The number of nitrogens with one attached hydrogen (secondary N) is 1. The lowest BCUT2D eigenvalue weighted by Gasteiger charge is -2.14. The highest BCUT2D eigenvalue weighted by molar-refractivity contribution is 5.91. The largest absolute Gasteiger partial charge is 0.493 e. The van der Waals surface area contributed by atoms with Crippen LogP contribution in [0, 0.1) is 0 Å². The van der Waals surface area contributed by atoms with Crippen molar-refractivity contribution in [3.05, 3.63) is 41.2 Å². The Kier molecular flexibility index (Phi) is 6.54. The monoisotopic (exact) mass is 387 g/mol. The number of nitrogens with zero attached hydrogens (tertiary/aromatic N) is 2. The predicted molar refractivity (Wildman–Crippen MR) is 104 cm³/mol. The molecule has 150 valence electrons. The SMILES string of the molecule is COc1cc(/C=C/C(=O)NCCn2ncc3c2CCOC3)cc(OC)c1OC. The van der Waals surface area contributed by atoms with Crippen LogP contribution in [0.2, 0.25) is 0 Å². The van der Waals surface area contributed by atoms with E-state index < -0.39 is 0 Å². The number of benzene rings is 1. The second kappa shape index (κ2) is 9.27. The fourth-order valence-electron chi connectivity index (χ4n) is 3.12. The lowest BCUT2D eigenvalue weighted by molar-refractivity contribution is -0.116. The first-order chi connectivity index (χ1) is 13.7. The summed E-state index contributed by atoms with van der Waals surface area (Å²) in [6.07, 6.45) is 5.87. The van der Waals surface area contributed by atoms with Crippen molar-refractivity contribution < 1.29 is 23.7 Å². The Morgan fingerprint density at radius 1 is 1.25 bits per heavy atom. The van der Waals surface area contributed by atoms with Gasteiger partial charge in [0.2, 0.25) is 11.7 Å². The molecular formula is C20H25N3O5. The van der Waals surface area contributed by atoms with E-state index >= 15 is 0 Å². The molecule has 0 spiro atoms. The molecule has 8 heteroatoms. The number of rotatable bonds is 8. The first kappa shape index (κ1) is 19.8. The normalized spacial score (nSPS) is 13.2. The smallest absolute Gasteiger partial charge is 0.244 e. The molecule has 0 bridgehead atoms. The quantitative estimate of drug-likeness (QED) is 0.696. The van der Waals surface area contributed by atoms with Gasteiger partial charge in [-0.1, -0.05) is 0 Å². The van der Waals surface area contributed by atoms with Crippen LogP contribution in [0.1, 0.15) is 16.8 Å². The van der Waals surface area contributed by atoms with E-state index in [0.29, 0.717) is 43.6 Å². The molecule has 0 atom stereocenters. The van der Waals surface area contributed by atoms with Gasteiger partial charge in [0.05, 0.1) is 47.3 Å². The zero-order chi connectivity index (χ0) is 19.9. The van der Waals surface area contributed by atoms with Crippen LogP contribution in [0.15, 0.2) is 24.4 Å². The Labute approximate surface area is 164 Å². The van der Waals surface area contributed by atoms with Crippen molar-refractivity contribution in [3.63, 3.8) is 0 Å². The molecule has 0 saturated heterocycles. The second-order valence-corrected chi connectivity index (χ2v) is 6.23. The van der Waals surface area contributed by atoms with Gasteiger partial charge in [-0.05, 0) is 23.8 Å². The third-order valence-corrected chi connectivity index (χ3v) is 4.51. The molecule has 2 aromatic rings. The molecule has 3 rings (SSSR count). The van der Waals surface area contributed by atoms with Crippen LogP contribution in [0.3, 0.4) is 0 Å². The molecule has 1 amide bonds. The van der Waals surface area contributed by atoms with Gasteiger partial charge in [0.1, 0.15) is 0 Å². The zero-order valence-electron chi connectivity index (χ0n) is 16.4. The molecule has 1 N–H and O–H groups in total. The fraction of sp³-hybridized carbons (Fsp3) is 0.400. The highest BCUT2D eigenvalue weighted by Gasteiger charge is 2.15. The van der Waals surface area contributed by atoms with Crippen molar-refractivity contribution in [2.45, 2.75) is 19.6 Å². The van der Waals surface area contributed by atoms with Crippen LogP contribution in [0.25, 0.3) is 6.08 Å². The summed E-state index contributed by atoms with van der Waals surface area (Å²) in [7, 11) is 4.66. The van der Waals surface area contributed by atoms with E-state index in [2.05, 4.69) is 10.4 Å². The number of ether oxygens (including phenoxy) is 4. The Bertz CT molecular complexity index is 835. The number of amides is 1. The van der Waals surface area contributed by atoms with Gasteiger partial charge in [0, 0.05) is 30.3 Å². The number of fused-ring (bicyclic) bond motifs is 1. The molecule has 0 fully saturated rings. The van der Waals surface area contributed by atoms with E-state index in [0.717, 1.165) is 17.5 Å². The van der Waals surface area contributed by atoms with E-state index in [1.807, 2.05) is 10.9 Å². The summed E-state index contributed by atoms with van der Waals surface area (Å²) in [6, 6.07) is 3.56. The van der Waals surface area contributed by atoms with Crippen molar-refractivity contribution >= 4 is 12.0 Å². The Morgan fingerprint density at radius 2 is 2.00 bits per heavy atom. The van der Waals surface area contributed by atoms with Crippen molar-refractivity contribution in [3.8, 4) is 17.2 Å². The summed E-state index contributed by atoms with van der Waals surface area (Å²) in [5.41, 5.74) is 3.08. The lowest BCUT2D eigenvalue weighted by atomic mass is 10.1. The summed E-state index contributed by atoms with van der Waals surface area (Å²) in [4.78, 5) is 12.1. The van der Waals surface area contributed by atoms with Crippen LogP contribution >= 0.6 is 0 Å². The molecule has 1 aliphatic heterocycles. The molecule has 0 saturated carbocycles. The second-order valence-electron chi connectivity index (χ2n) is 6.23. The Morgan fingerprint density at radius 3 is 2.68 bits per heavy atom. The highest BCUT2D eigenvalue weighted by atomic mass is 16.5. The number of hydrogen-bond acceptors (Lipinski definition) is 6. The first-order valence-electron chi connectivity index (χ1n) is 9.03. The zero-order valence-corrected chi connectivity index (χ0v) is 16.4. The van der Waals surface area contributed by atoms with Gasteiger partial charge < -0.3 is 24.3 Å². The summed E-state index contributed by atoms with van der Waals surface area (Å²) in [5.74, 6) is 1.40. The van der Waals surface area contributed by atoms with Crippen molar-refractivity contribution in [1.82, 2.24) is 15.1 Å². The maximum absolute atomic E-state index is 12.1. The fourth-order valence-corrected chi connectivity index (χ4v) is 3.12. The van der Waals surface area contributed by atoms with Gasteiger partial charge in [-0.2, -0.15) is 5.10 Å². The lowest BCUT2D eigenvalue weighted by Crippen LogP contribution is -2.26. The standard InChI is InChI=1S/C20H25N3O5/c1-25-17-10-14(11-18(26-2)20(17)27-3)4-5-19(24)21-7-8-23-16-6-9-28-13-15(16)12-22-23/h4-5,10-12H,6-9,13H2,1-3H3,(H,21,24)/b5-4+. The third kappa shape index (κ3) is 4.45. The van der Waals surface area contributed by atoms with E-state index in [-0.39, 0.29) is 5.91 Å². The summed E-state index contributed by atoms with van der Waals surface area (Å²) >= 11 is 0. The topological polar surface area (TPSA) is 83.8 Å². The van der Waals surface area contributed by atoms with E-state index in [1.165, 1.54) is 11.8 Å². The van der Waals surface area contributed by atoms with E-state index in [4.69, 9.17) is 18.9 Å². The molecule has 0 unspecified atom stereocenters. The minimum absolute atomic E-state index is 0.182. The molecule has 0 aliphatic carbocycles. The van der Waals surface area contributed by atoms with Crippen molar-refractivity contribution in [2.24, 2.45) is 0 Å². The van der Waals surface area contributed by atoms with E-state index in [1.54, 1.807) is 39.5 Å². The maximum atomic E-state index is 12.1. The minimum atomic E-state index is -0.182. The van der Waals surface area contributed by atoms with Gasteiger partial charge in [-0.25, -0.2) is 0 Å². The third-order valence-electron chi connectivity index (χ3n) is 4.51. The van der Waals surface area contributed by atoms with Gasteiger partial charge in [-0.3, -0.25) is 9.48 Å². The minimum Gasteiger partial charge on any atom is -0.493 e. The van der Waals surface area contributed by atoms with Crippen LogP contribution in [0.4, 0.5) is 0 Å². The molecule has 0 radical (unpaired) electrons. The highest BCUT2D eigenvalue weighted by Crippen LogP contribution is 2.38. The van der Waals surface area contributed by atoms with Gasteiger partial charge >= 0.3 is 0 Å². The maximum Gasteiger partial charge on any atom is 0.244 e. The molecule has 2 heterocycles. The number of carbonyl (C=O) groups is 1. The van der Waals surface area contributed by atoms with Crippen LogP contribution in [-0.4, -0.2) is 50.2 Å². The summed E-state index contributed by atoms with van der Waals surface area (Å²) < 4.78 is 23.3. The van der Waals surface area contributed by atoms with Crippen molar-refractivity contribution in [1.29, 1.82) is 0 Å². The van der Waals surface area contributed by atoms with Crippen LogP contribution < -0.4 is 19.5 Å². The van der Waals surface area contributed by atoms with Gasteiger partial charge in [-0.15, -0.1) is 0 Å². The number of hydrogen-bond donors (Lipinski definition) is 1. The van der Waals surface area contributed by atoms with Crippen LogP contribution in [0.5, 0.6) is 17.2 Å². The number of methoxy groups -OCH3 is 3. The Hall–Kier alpha value is -3.00. The van der Waals surface area contributed by atoms with Gasteiger partial charge in [0.25, 0.3) is 0 Å². The van der Waals surface area contributed by atoms with Gasteiger partial charge in [0.15, 0.2) is 11.5 Å². The predicted octanol–water partition coefficient (Wildman–Crippen LogP) is 1.81. The van der Waals surface area contributed by atoms with Crippen molar-refractivity contribution in [2.75, 3.05) is 34.5 Å². The molecular weight excluding hydrogens is 362 g/mol. The number of aromatic nitrogens is 2. The Balaban J connectivity index is 1.57. The summed E-state index contributed by atoms with van der Waals surface area (Å²) in [5, 5.41) is 7.24. The van der Waals surface area contributed by atoms with Crippen LogP contribution in [-0.2, 0) is 29.1 Å². The molecule has 8 nitrogen and oxygen atoms in total.